The summed E-state index contributed by atoms with van der Waals surface area (Å²) in [6.07, 6.45) is 0.585. The first-order valence-corrected chi connectivity index (χ1v) is 11.3. The fourth-order valence-electron chi connectivity index (χ4n) is 4.39. The number of fused-ring (bicyclic) bond motifs is 1. The molecule has 33 heavy (non-hydrogen) atoms. The molecule has 0 spiro atoms. The van der Waals surface area contributed by atoms with E-state index in [0.29, 0.717) is 25.7 Å². The molecule has 0 unspecified atom stereocenters. The molecule has 3 aromatic carbocycles. The summed E-state index contributed by atoms with van der Waals surface area (Å²) in [5.74, 6) is 0.709. The lowest BCUT2D eigenvalue weighted by atomic mass is 10.1. The third-order valence-corrected chi connectivity index (χ3v) is 6.19. The molecule has 5 nitrogen and oxygen atoms in total. The zero-order valence-electron chi connectivity index (χ0n) is 19.1. The van der Waals surface area contributed by atoms with E-state index in [4.69, 9.17) is 4.98 Å². The number of aryl methyl sites for hydroxylation is 2. The van der Waals surface area contributed by atoms with E-state index in [2.05, 4.69) is 65.3 Å². The zero-order chi connectivity index (χ0) is 22.8. The second kappa shape index (κ2) is 9.04. The molecule has 0 aliphatic carbocycles. The normalized spacial score (nSPS) is 13.7. The molecule has 0 fully saturated rings. The molecule has 1 aliphatic rings. The minimum atomic E-state index is 0.0379. The SMILES string of the molecule is Cc1ccc(CN2CN(c3ccccc3)c3nc(C)c(Cc4ccccc4)c(=O)n3C2)cc1. The number of anilines is 2. The summed E-state index contributed by atoms with van der Waals surface area (Å²) >= 11 is 0. The predicted molar refractivity (Wildman–Crippen MR) is 133 cm³/mol. The second-order valence-corrected chi connectivity index (χ2v) is 8.73. The van der Waals surface area contributed by atoms with E-state index in [1.165, 1.54) is 11.1 Å². The summed E-state index contributed by atoms with van der Waals surface area (Å²) in [6.45, 7) is 5.99. The van der Waals surface area contributed by atoms with Crippen molar-refractivity contribution >= 4 is 11.6 Å². The van der Waals surface area contributed by atoms with Crippen molar-refractivity contribution in [3.8, 4) is 0 Å². The number of benzene rings is 3. The maximum absolute atomic E-state index is 13.7. The number of rotatable bonds is 5. The molecule has 166 valence electrons. The molecular formula is C28H28N4O. The molecule has 0 saturated heterocycles. The van der Waals surface area contributed by atoms with Gasteiger partial charge in [-0.25, -0.2) is 4.98 Å². The summed E-state index contributed by atoms with van der Waals surface area (Å²) in [7, 11) is 0. The standard InChI is InChI=1S/C28H28N4O/c1-21-13-15-24(16-14-21)18-30-19-31(25-11-7-4-8-12-25)28-29-22(2)26(27(33)32(28)20-30)17-23-9-5-3-6-10-23/h3-16H,17-20H2,1-2H3. The molecular weight excluding hydrogens is 408 g/mol. The van der Waals surface area contributed by atoms with Gasteiger partial charge < -0.3 is 0 Å². The Balaban J connectivity index is 1.56. The van der Waals surface area contributed by atoms with E-state index < -0.39 is 0 Å². The average molecular weight is 437 g/mol. The van der Waals surface area contributed by atoms with Crippen LogP contribution in [0.2, 0.25) is 0 Å². The van der Waals surface area contributed by atoms with Crippen LogP contribution in [0, 0.1) is 13.8 Å². The molecule has 0 bridgehead atoms. The number of aromatic nitrogens is 2. The molecule has 5 rings (SSSR count). The molecule has 0 radical (unpaired) electrons. The first kappa shape index (κ1) is 21.2. The van der Waals surface area contributed by atoms with Gasteiger partial charge in [-0.2, -0.15) is 0 Å². The monoisotopic (exact) mass is 436 g/mol. The van der Waals surface area contributed by atoms with E-state index in [1.807, 2.05) is 47.9 Å². The Morgan fingerprint density at radius 2 is 1.45 bits per heavy atom. The summed E-state index contributed by atoms with van der Waals surface area (Å²) in [5, 5.41) is 0. The molecule has 2 heterocycles. The van der Waals surface area contributed by atoms with Crippen LogP contribution >= 0.6 is 0 Å². The van der Waals surface area contributed by atoms with Gasteiger partial charge in [0.05, 0.1) is 19.0 Å². The van der Waals surface area contributed by atoms with E-state index in [-0.39, 0.29) is 5.56 Å². The van der Waals surface area contributed by atoms with Gasteiger partial charge >= 0.3 is 0 Å². The van der Waals surface area contributed by atoms with Gasteiger partial charge in [0, 0.05) is 24.2 Å². The number of hydrogen-bond donors (Lipinski definition) is 0. The van der Waals surface area contributed by atoms with Crippen molar-refractivity contribution in [2.45, 2.75) is 33.5 Å². The highest BCUT2D eigenvalue weighted by atomic mass is 16.1. The Morgan fingerprint density at radius 3 is 2.15 bits per heavy atom. The van der Waals surface area contributed by atoms with Gasteiger partial charge in [-0.05, 0) is 37.1 Å². The Labute approximate surface area is 194 Å². The Bertz CT molecular complexity index is 1300. The summed E-state index contributed by atoms with van der Waals surface area (Å²) < 4.78 is 1.83. The van der Waals surface area contributed by atoms with Gasteiger partial charge in [0.1, 0.15) is 0 Å². The predicted octanol–water partition coefficient (Wildman–Crippen LogP) is 5.02. The molecule has 0 saturated carbocycles. The highest BCUT2D eigenvalue weighted by molar-refractivity contribution is 5.58. The lowest BCUT2D eigenvalue weighted by molar-refractivity contribution is 0.190. The smallest absolute Gasteiger partial charge is 0.259 e. The fourth-order valence-corrected chi connectivity index (χ4v) is 4.39. The first-order valence-electron chi connectivity index (χ1n) is 11.3. The minimum Gasteiger partial charge on any atom is -0.298 e. The van der Waals surface area contributed by atoms with E-state index >= 15 is 0 Å². The largest absolute Gasteiger partial charge is 0.298 e. The van der Waals surface area contributed by atoms with Crippen LogP contribution in [0.3, 0.4) is 0 Å². The van der Waals surface area contributed by atoms with Crippen LogP contribution < -0.4 is 10.5 Å². The minimum absolute atomic E-state index is 0.0379. The maximum Gasteiger partial charge on any atom is 0.259 e. The van der Waals surface area contributed by atoms with Gasteiger partial charge in [-0.1, -0.05) is 78.4 Å². The average Bonchev–Trinajstić information content (AvgIpc) is 2.84. The summed E-state index contributed by atoms with van der Waals surface area (Å²) in [6, 6.07) is 28.9. The van der Waals surface area contributed by atoms with Crippen LogP contribution in [0.4, 0.5) is 11.6 Å². The first-order chi connectivity index (χ1) is 16.1. The van der Waals surface area contributed by atoms with Gasteiger partial charge in [0.2, 0.25) is 5.95 Å². The third kappa shape index (κ3) is 4.45. The van der Waals surface area contributed by atoms with Gasteiger partial charge in [-0.3, -0.25) is 19.2 Å². The Morgan fingerprint density at radius 1 is 0.788 bits per heavy atom. The van der Waals surface area contributed by atoms with E-state index in [1.54, 1.807) is 0 Å². The van der Waals surface area contributed by atoms with Gasteiger partial charge in [0.15, 0.2) is 0 Å². The molecule has 1 aliphatic heterocycles. The van der Waals surface area contributed by atoms with Crippen LogP contribution in [0.25, 0.3) is 0 Å². The molecule has 0 amide bonds. The number of hydrogen-bond acceptors (Lipinski definition) is 4. The van der Waals surface area contributed by atoms with Crippen molar-refractivity contribution in [3.63, 3.8) is 0 Å². The van der Waals surface area contributed by atoms with E-state index in [0.717, 1.165) is 29.1 Å². The Kier molecular flexibility index (Phi) is 5.80. The van der Waals surface area contributed by atoms with Crippen LogP contribution in [-0.4, -0.2) is 21.1 Å². The Hall–Kier alpha value is -3.70. The van der Waals surface area contributed by atoms with Gasteiger partial charge in [-0.15, -0.1) is 0 Å². The summed E-state index contributed by atoms with van der Waals surface area (Å²) in [4.78, 5) is 23.1. The highest BCUT2D eigenvalue weighted by Gasteiger charge is 2.28. The molecule has 1 aromatic heterocycles. The quantitative estimate of drug-likeness (QED) is 0.441. The third-order valence-electron chi connectivity index (χ3n) is 6.19. The molecule has 0 N–H and O–H groups in total. The lowest BCUT2D eigenvalue weighted by Crippen LogP contribution is -2.47. The lowest BCUT2D eigenvalue weighted by Gasteiger charge is -2.38. The topological polar surface area (TPSA) is 41.4 Å². The van der Waals surface area contributed by atoms with Crippen molar-refractivity contribution in [1.82, 2.24) is 14.5 Å². The van der Waals surface area contributed by atoms with Crippen LogP contribution in [0.5, 0.6) is 0 Å². The van der Waals surface area contributed by atoms with E-state index in [9.17, 15) is 4.79 Å². The van der Waals surface area contributed by atoms with Crippen molar-refractivity contribution in [2.24, 2.45) is 0 Å². The maximum atomic E-state index is 13.7. The van der Waals surface area contributed by atoms with Gasteiger partial charge in [0.25, 0.3) is 5.56 Å². The molecule has 5 heteroatoms. The highest BCUT2D eigenvalue weighted by Crippen LogP contribution is 2.28. The second-order valence-electron chi connectivity index (χ2n) is 8.73. The molecule has 0 atom stereocenters. The van der Waals surface area contributed by atoms with Crippen molar-refractivity contribution in [1.29, 1.82) is 0 Å². The van der Waals surface area contributed by atoms with Crippen LogP contribution in [0.15, 0.2) is 89.7 Å². The van der Waals surface area contributed by atoms with Crippen molar-refractivity contribution in [2.75, 3.05) is 11.6 Å². The summed E-state index contributed by atoms with van der Waals surface area (Å²) in [5.41, 5.74) is 6.22. The number of nitrogens with zero attached hydrogens (tertiary/aromatic N) is 4. The number of para-hydroxylation sites is 1. The van der Waals surface area contributed by atoms with Crippen molar-refractivity contribution in [3.05, 3.63) is 123 Å². The molecule has 4 aromatic rings. The van der Waals surface area contributed by atoms with Crippen LogP contribution in [-0.2, 0) is 19.6 Å². The van der Waals surface area contributed by atoms with Crippen LogP contribution in [0.1, 0.15) is 27.9 Å². The van der Waals surface area contributed by atoms with Crippen molar-refractivity contribution < 1.29 is 0 Å². The zero-order valence-corrected chi connectivity index (χ0v) is 19.1. The fraction of sp³-hybridized carbons (Fsp3) is 0.214.